The molecule has 0 radical (unpaired) electrons. The van der Waals surface area contributed by atoms with Crippen LogP contribution in [0.15, 0.2) is 0 Å². The predicted octanol–water partition coefficient (Wildman–Crippen LogP) is 0.0859. The number of carboxylic acid groups (broad SMARTS) is 1. The molecule has 0 saturated carbocycles. The number of halogens is 1. The van der Waals surface area contributed by atoms with E-state index in [-0.39, 0.29) is 5.92 Å². The lowest BCUT2D eigenvalue weighted by atomic mass is 10.1. The first-order chi connectivity index (χ1) is 6.50. The van der Waals surface area contributed by atoms with Gasteiger partial charge < -0.3 is 10.8 Å². The van der Waals surface area contributed by atoms with Crippen LogP contribution in [0, 0.1) is 5.92 Å². The Morgan fingerprint density at radius 2 is 1.67 bits per heavy atom. The number of aliphatic carboxylic acids is 1. The Bertz CT molecular complexity index is 289. The van der Waals surface area contributed by atoms with Crippen molar-refractivity contribution < 1.29 is 18.3 Å². The maximum atomic E-state index is 10.0. The van der Waals surface area contributed by atoms with Crippen LogP contribution < -0.4 is 5.73 Å². The highest BCUT2D eigenvalue weighted by Crippen LogP contribution is 1.97. The molecular weight excluding hydrogens is 244 g/mol. The van der Waals surface area contributed by atoms with E-state index < -0.39 is 21.2 Å². The van der Waals surface area contributed by atoms with E-state index in [4.69, 9.17) is 21.5 Å². The van der Waals surface area contributed by atoms with Crippen molar-refractivity contribution in [1.82, 2.24) is 4.31 Å². The molecule has 0 aromatic rings. The van der Waals surface area contributed by atoms with Crippen molar-refractivity contribution in [3.05, 3.63) is 0 Å². The molecule has 0 aliphatic carbocycles. The molecular formula is C7H17ClN2O4S. The molecule has 0 aromatic heterocycles. The molecule has 0 amide bonds. The van der Waals surface area contributed by atoms with Gasteiger partial charge in [0.2, 0.25) is 0 Å². The summed E-state index contributed by atoms with van der Waals surface area (Å²) in [6, 6.07) is -0.713. The fourth-order valence-corrected chi connectivity index (χ4v) is 0.285. The summed E-state index contributed by atoms with van der Waals surface area (Å²) in [6.45, 7) is 3.55. The van der Waals surface area contributed by atoms with Gasteiger partial charge in [0.15, 0.2) is 0 Å². The van der Waals surface area contributed by atoms with Crippen molar-refractivity contribution in [1.29, 1.82) is 0 Å². The van der Waals surface area contributed by atoms with Crippen molar-refractivity contribution in [2.24, 2.45) is 11.7 Å². The Morgan fingerprint density at radius 1 is 1.40 bits per heavy atom. The van der Waals surface area contributed by atoms with Crippen LogP contribution in [0.1, 0.15) is 13.8 Å². The molecule has 0 rings (SSSR count). The van der Waals surface area contributed by atoms with Crippen molar-refractivity contribution >= 4 is 25.9 Å². The second-order valence-electron chi connectivity index (χ2n) is 3.33. The van der Waals surface area contributed by atoms with E-state index in [1.54, 1.807) is 13.8 Å². The van der Waals surface area contributed by atoms with Crippen LogP contribution in [-0.4, -0.2) is 43.9 Å². The van der Waals surface area contributed by atoms with Crippen LogP contribution in [0.25, 0.3) is 0 Å². The number of hydrogen-bond donors (Lipinski definition) is 2. The standard InChI is InChI=1S/C5H11NO2.C2H6ClNO2S/c1-3(2)4(6)5(7)8;1-4(2)7(3,5)6/h3-4H,6H2,1-2H3,(H,7,8);1-2H3/t4-;/m0./s1. The third kappa shape index (κ3) is 9.92. The van der Waals surface area contributed by atoms with Gasteiger partial charge in [-0.2, -0.15) is 12.7 Å². The largest absolute Gasteiger partial charge is 0.480 e. The highest BCUT2D eigenvalue weighted by Gasteiger charge is 2.14. The monoisotopic (exact) mass is 260 g/mol. The van der Waals surface area contributed by atoms with E-state index in [1.165, 1.54) is 14.1 Å². The molecule has 92 valence electrons. The van der Waals surface area contributed by atoms with Crippen molar-refractivity contribution in [3.63, 3.8) is 0 Å². The number of rotatable bonds is 3. The van der Waals surface area contributed by atoms with E-state index in [2.05, 4.69) is 0 Å². The van der Waals surface area contributed by atoms with Gasteiger partial charge in [0, 0.05) is 24.8 Å². The second-order valence-corrected chi connectivity index (χ2v) is 6.06. The highest BCUT2D eigenvalue weighted by atomic mass is 35.7. The zero-order chi connectivity index (χ0) is 12.8. The Labute approximate surface area is 94.6 Å². The zero-order valence-electron chi connectivity index (χ0n) is 9.14. The Hall–Kier alpha value is -0.370. The molecule has 0 spiro atoms. The third-order valence-corrected chi connectivity index (χ3v) is 3.14. The lowest BCUT2D eigenvalue weighted by molar-refractivity contribution is -0.139. The average molecular weight is 261 g/mol. The summed E-state index contributed by atoms with van der Waals surface area (Å²) >= 11 is 0. The smallest absolute Gasteiger partial charge is 0.320 e. The summed E-state index contributed by atoms with van der Waals surface area (Å²) in [6.07, 6.45) is 0. The van der Waals surface area contributed by atoms with E-state index >= 15 is 0 Å². The average Bonchev–Trinajstić information content (AvgIpc) is 2.01. The molecule has 0 unspecified atom stereocenters. The summed E-state index contributed by atoms with van der Waals surface area (Å²) in [5, 5.41) is 8.23. The van der Waals surface area contributed by atoms with E-state index in [9.17, 15) is 13.2 Å². The highest BCUT2D eigenvalue weighted by molar-refractivity contribution is 8.11. The normalized spacial score (nSPS) is 13.3. The molecule has 0 aliphatic heterocycles. The third-order valence-electron chi connectivity index (χ3n) is 1.44. The Morgan fingerprint density at radius 3 is 1.67 bits per heavy atom. The molecule has 0 aromatic carbocycles. The number of nitrogens with two attached hydrogens (primary N) is 1. The quantitative estimate of drug-likeness (QED) is 0.700. The van der Waals surface area contributed by atoms with Gasteiger partial charge in [-0.25, -0.2) is 0 Å². The van der Waals surface area contributed by atoms with Crippen LogP contribution in [-0.2, 0) is 14.0 Å². The van der Waals surface area contributed by atoms with Gasteiger partial charge in [-0.05, 0) is 5.92 Å². The fourth-order valence-electron chi connectivity index (χ4n) is 0.285. The molecule has 6 nitrogen and oxygen atoms in total. The van der Waals surface area contributed by atoms with Gasteiger partial charge in [0.05, 0.1) is 0 Å². The van der Waals surface area contributed by atoms with Crippen LogP contribution >= 0.6 is 10.7 Å². The summed E-state index contributed by atoms with van der Waals surface area (Å²) in [5.74, 6) is -0.910. The molecule has 0 saturated heterocycles. The molecule has 0 aliphatic rings. The van der Waals surface area contributed by atoms with Crippen LogP contribution in [0.4, 0.5) is 0 Å². The first-order valence-electron chi connectivity index (χ1n) is 4.10. The van der Waals surface area contributed by atoms with Crippen LogP contribution in [0.3, 0.4) is 0 Å². The van der Waals surface area contributed by atoms with Gasteiger partial charge in [-0.15, -0.1) is 0 Å². The number of hydrogen-bond acceptors (Lipinski definition) is 4. The zero-order valence-corrected chi connectivity index (χ0v) is 10.7. The minimum absolute atomic E-state index is 0.0208. The molecule has 15 heavy (non-hydrogen) atoms. The minimum Gasteiger partial charge on any atom is -0.480 e. The first-order valence-corrected chi connectivity index (χ1v) is 6.37. The number of carboxylic acids is 1. The predicted molar refractivity (Wildman–Crippen MR) is 58.9 cm³/mol. The summed E-state index contributed by atoms with van der Waals surface area (Å²) < 4.78 is 21.0. The summed E-state index contributed by atoms with van der Waals surface area (Å²) in [4.78, 5) is 10.0. The number of carbonyl (C=O) groups is 1. The second kappa shape index (κ2) is 7.00. The minimum atomic E-state index is -3.44. The Kier molecular flexibility index (Phi) is 7.95. The SMILES string of the molecule is CC(C)[C@H](N)C(=O)O.CN(C)S(=O)(=O)Cl. The van der Waals surface area contributed by atoms with Crippen molar-refractivity contribution in [2.75, 3.05) is 14.1 Å². The molecule has 3 N–H and O–H groups in total. The first kappa shape index (κ1) is 17.0. The maximum absolute atomic E-state index is 10.0. The topological polar surface area (TPSA) is 101 Å². The van der Waals surface area contributed by atoms with Crippen LogP contribution in [0.5, 0.6) is 0 Å². The summed E-state index contributed by atoms with van der Waals surface area (Å²) in [5.41, 5.74) is 5.16. The lowest BCUT2D eigenvalue weighted by Gasteiger charge is -2.07. The van der Waals surface area contributed by atoms with E-state index in [0.29, 0.717) is 0 Å². The molecule has 0 bridgehead atoms. The molecule has 0 fully saturated rings. The van der Waals surface area contributed by atoms with E-state index in [1.807, 2.05) is 0 Å². The van der Waals surface area contributed by atoms with Gasteiger partial charge in [0.25, 0.3) is 9.24 Å². The molecule has 0 heterocycles. The Balaban J connectivity index is 0. The van der Waals surface area contributed by atoms with Gasteiger partial charge in [0.1, 0.15) is 6.04 Å². The molecule has 8 heteroatoms. The lowest BCUT2D eigenvalue weighted by Crippen LogP contribution is -2.34. The van der Waals surface area contributed by atoms with Gasteiger partial charge in [-0.1, -0.05) is 13.8 Å². The van der Waals surface area contributed by atoms with Crippen molar-refractivity contribution in [3.8, 4) is 0 Å². The fraction of sp³-hybridized carbons (Fsp3) is 0.857. The number of nitrogens with zero attached hydrogens (tertiary/aromatic N) is 1. The van der Waals surface area contributed by atoms with E-state index in [0.717, 1.165) is 4.31 Å². The van der Waals surface area contributed by atoms with Crippen molar-refractivity contribution in [2.45, 2.75) is 19.9 Å². The molecule has 1 atom stereocenters. The van der Waals surface area contributed by atoms with Gasteiger partial charge in [-0.3, -0.25) is 4.79 Å². The van der Waals surface area contributed by atoms with Crippen LogP contribution in [0.2, 0.25) is 0 Å². The van der Waals surface area contributed by atoms with Gasteiger partial charge >= 0.3 is 5.97 Å². The maximum Gasteiger partial charge on any atom is 0.320 e. The summed E-state index contributed by atoms with van der Waals surface area (Å²) in [7, 11) is 4.06.